The summed E-state index contributed by atoms with van der Waals surface area (Å²) in [6.07, 6.45) is 1.90. The SMILES string of the molecule is COP(C)(=O)OSc1nn(C)c(SC)c1Cl. The average Bonchev–Trinajstić information content (AvgIpc) is 2.51. The summed E-state index contributed by atoms with van der Waals surface area (Å²) in [5.74, 6) is 0. The zero-order valence-electron chi connectivity index (χ0n) is 9.26. The van der Waals surface area contributed by atoms with Gasteiger partial charge in [0.1, 0.15) is 10.0 Å². The van der Waals surface area contributed by atoms with Crippen molar-refractivity contribution in [1.29, 1.82) is 0 Å². The Morgan fingerprint density at radius 3 is 2.62 bits per heavy atom. The fourth-order valence-electron chi connectivity index (χ4n) is 0.867. The highest BCUT2D eigenvalue weighted by Gasteiger charge is 2.20. The largest absolute Gasteiger partial charge is 0.338 e. The van der Waals surface area contributed by atoms with E-state index in [0.29, 0.717) is 10.0 Å². The molecule has 0 aliphatic heterocycles. The molecule has 92 valence electrons. The zero-order chi connectivity index (χ0) is 12.3. The molecule has 9 heteroatoms. The van der Waals surface area contributed by atoms with Crippen molar-refractivity contribution in [3.63, 3.8) is 0 Å². The number of thioether (sulfide) groups is 1. The fraction of sp³-hybridized carbons (Fsp3) is 0.571. The smallest absolute Gasteiger partial charge is 0.312 e. The standard InChI is InChI=1S/C7H12ClN2O3PS2/c1-10-7(15-4)5(8)6(9-10)16-13-14(3,11)12-2/h1-4H3. The molecule has 0 spiro atoms. The second-order valence-corrected chi connectivity index (χ2v) is 7.09. The second-order valence-electron chi connectivity index (χ2n) is 2.86. The van der Waals surface area contributed by atoms with Crippen LogP contribution in [0.4, 0.5) is 0 Å². The predicted molar refractivity (Wildman–Crippen MR) is 67.5 cm³/mol. The van der Waals surface area contributed by atoms with Gasteiger partial charge in [-0.2, -0.15) is 5.10 Å². The molecule has 1 unspecified atom stereocenters. The molecule has 0 N–H and O–H groups in total. The lowest BCUT2D eigenvalue weighted by Crippen LogP contribution is -1.91. The van der Waals surface area contributed by atoms with Gasteiger partial charge in [0, 0.05) is 20.8 Å². The van der Waals surface area contributed by atoms with Gasteiger partial charge in [-0.05, 0) is 6.26 Å². The van der Waals surface area contributed by atoms with E-state index in [4.69, 9.17) is 20.1 Å². The highest BCUT2D eigenvalue weighted by molar-refractivity contribution is 7.99. The third-order valence-corrected chi connectivity index (χ3v) is 5.61. The van der Waals surface area contributed by atoms with Gasteiger partial charge in [0.25, 0.3) is 0 Å². The van der Waals surface area contributed by atoms with Crippen molar-refractivity contribution in [2.75, 3.05) is 20.0 Å². The highest BCUT2D eigenvalue weighted by atomic mass is 35.5. The monoisotopic (exact) mass is 302 g/mol. The van der Waals surface area contributed by atoms with Crippen LogP contribution in [0, 0.1) is 0 Å². The lowest BCUT2D eigenvalue weighted by Gasteiger charge is -2.07. The summed E-state index contributed by atoms with van der Waals surface area (Å²) < 4.78 is 22.9. The molecule has 5 nitrogen and oxygen atoms in total. The van der Waals surface area contributed by atoms with E-state index >= 15 is 0 Å². The summed E-state index contributed by atoms with van der Waals surface area (Å²) in [6, 6.07) is 0. The molecule has 0 radical (unpaired) electrons. The molecule has 1 heterocycles. The van der Waals surface area contributed by atoms with Crippen molar-refractivity contribution in [1.82, 2.24) is 9.78 Å². The van der Waals surface area contributed by atoms with Gasteiger partial charge < -0.3 is 4.52 Å². The maximum absolute atomic E-state index is 11.5. The van der Waals surface area contributed by atoms with Crippen LogP contribution >= 0.6 is 43.0 Å². The minimum Gasteiger partial charge on any atom is -0.312 e. The minimum atomic E-state index is -3.02. The Kier molecular flexibility index (Phi) is 5.22. The van der Waals surface area contributed by atoms with Crippen LogP contribution in [0.25, 0.3) is 0 Å². The Morgan fingerprint density at radius 2 is 2.19 bits per heavy atom. The maximum Gasteiger partial charge on any atom is 0.338 e. The van der Waals surface area contributed by atoms with Gasteiger partial charge in [-0.15, -0.1) is 11.8 Å². The van der Waals surface area contributed by atoms with Crippen LogP contribution in [0.2, 0.25) is 5.02 Å². The molecular weight excluding hydrogens is 291 g/mol. The molecule has 0 amide bonds. The third-order valence-electron chi connectivity index (χ3n) is 1.69. The first kappa shape index (κ1) is 14.4. The summed E-state index contributed by atoms with van der Waals surface area (Å²) in [6.45, 7) is 1.38. The molecular formula is C7H12ClN2O3PS2. The Morgan fingerprint density at radius 1 is 1.56 bits per heavy atom. The molecule has 0 aromatic carbocycles. The third kappa shape index (κ3) is 3.42. The van der Waals surface area contributed by atoms with E-state index in [0.717, 1.165) is 17.1 Å². The van der Waals surface area contributed by atoms with Crippen LogP contribution in [-0.4, -0.2) is 29.8 Å². The van der Waals surface area contributed by atoms with E-state index in [1.807, 2.05) is 6.26 Å². The number of nitrogens with zero attached hydrogens (tertiary/aromatic N) is 2. The molecule has 1 rings (SSSR count). The van der Waals surface area contributed by atoms with Crippen LogP contribution in [0.3, 0.4) is 0 Å². The number of rotatable bonds is 5. The van der Waals surface area contributed by atoms with Gasteiger partial charge in [0.2, 0.25) is 0 Å². The molecule has 0 aliphatic rings. The van der Waals surface area contributed by atoms with Crippen LogP contribution in [0.1, 0.15) is 0 Å². The van der Waals surface area contributed by atoms with Gasteiger partial charge in [-0.3, -0.25) is 9.25 Å². The Hall–Kier alpha value is 0.350. The van der Waals surface area contributed by atoms with Gasteiger partial charge in [-0.25, -0.2) is 3.97 Å². The van der Waals surface area contributed by atoms with Crippen LogP contribution < -0.4 is 0 Å². The van der Waals surface area contributed by atoms with E-state index in [-0.39, 0.29) is 0 Å². The molecule has 1 aromatic rings. The van der Waals surface area contributed by atoms with Crippen molar-refractivity contribution >= 4 is 43.0 Å². The van der Waals surface area contributed by atoms with Gasteiger partial charge >= 0.3 is 7.60 Å². The lowest BCUT2D eigenvalue weighted by molar-refractivity contribution is 0.342. The lowest BCUT2D eigenvalue weighted by atomic mass is 10.7. The average molecular weight is 303 g/mol. The highest BCUT2D eigenvalue weighted by Crippen LogP contribution is 2.49. The topological polar surface area (TPSA) is 53.4 Å². The first-order chi connectivity index (χ1) is 7.41. The van der Waals surface area contributed by atoms with Crippen molar-refractivity contribution in [2.45, 2.75) is 10.1 Å². The van der Waals surface area contributed by atoms with Crippen molar-refractivity contribution in [2.24, 2.45) is 7.05 Å². The van der Waals surface area contributed by atoms with Gasteiger partial charge in [-0.1, -0.05) is 11.6 Å². The summed E-state index contributed by atoms with van der Waals surface area (Å²) in [5, 5.41) is 5.95. The van der Waals surface area contributed by atoms with E-state index < -0.39 is 7.60 Å². The minimum absolute atomic E-state index is 0.479. The number of hydrogen-bond acceptors (Lipinski definition) is 6. The van der Waals surface area contributed by atoms with E-state index in [9.17, 15) is 4.57 Å². The van der Waals surface area contributed by atoms with Gasteiger partial charge in [0.15, 0.2) is 5.03 Å². The molecule has 0 saturated heterocycles. The summed E-state index contributed by atoms with van der Waals surface area (Å²) in [5.41, 5.74) is 0. The van der Waals surface area contributed by atoms with Crippen molar-refractivity contribution < 1.29 is 13.1 Å². The van der Waals surface area contributed by atoms with E-state index in [1.54, 1.807) is 11.7 Å². The van der Waals surface area contributed by atoms with Gasteiger partial charge in [0.05, 0.1) is 12.0 Å². The molecule has 0 bridgehead atoms. The number of aryl methyl sites for hydroxylation is 1. The fourth-order valence-corrected chi connectivity index (χ4v) is 3.39. The second kappa shape index (κ2) is 5.80. The Labute approximate surface area is 108 Å². The Bertz CT molecular complexity index is 426. The molecule has 0 fully saturated rings. The Balaban J connectivity index is 2.79. The van der Waals surface area contributed by atoms with Crippen molar-refractivity contribution in [3.05, 3.63) is 5.02 Å². The first-order valence-corrected chi connectivity index (χ1v) is 8.50. The van der Waals surface area contributed by atoms with Crippen LogP contribution in [0.15, 0.2) is 10.1 Å². The summed E-state index contributed by atoms with van der Waals surface area (Å²) in [4.78, 5) is 0. The van der Waals surface area contributed by atoms with E-state index in [2.05, 4.69) is 5.10 Å². The summed E-state index contributed by atoms with van der Waals surface area (Å²) >= 11 is 8.41. The summed E-state index contributed by atoms with van der Waals surface area (Å²) in [7, 11) is 0.0847. The first-order valence-electron chi connectivity index (χ1n) is 4.17. The predicted octanol–water partition coefficient (Wildman–Crippen LogP) is 3.29. The number of halogens is 1. The number of aromatic nitrogens is 2. The molecule has 1 aromatic heterocycles. The van der Waals surface area contributed by atoms with Crippen LogP contribution in [-0.2, 0) is 20.1 Å². The molecule has 0 saturated carbocycles. The zero-order valence-corrected chi connectivity index (χ0v) is 12.5. The van der Waals surface area contributed by atoms with E-state index in [1.165, 1.54) is 25.5 Å². The maximum atomic E-state index is 11.5. The van der Waals surface area contributed by atoms with Crippen molar-refractivity contribution in [3.8, 4) is 0 Å². The normalized spacial score (nSPS) is 15.1. The molecule has 16 heavy (non-hydrogen) atoms. The molecule has 0 aliphatic carbocycles. The quantitative estimate of drug-likeness (QED) is 0.472. The molecule has 1 atom stereocenters. The number of hydrogen-bond donors (Lipinski definition) is 0. The van der Waals surface area contributed by atoms with Crippen LogP contribution in [0.5, 0.6) is 0 Å².